The Labute approximate surface area is 171 Å². The van der Waals surface area contributed by atoms with Crippen molar-refractivity contribution < 1.29 is 9.18 Å². The number of hydrogen-bond donors (Lipinski definition) is 1. The molecule has 0 aliphatic rings. The van der Waals surface area contributed by atoms with Gasteiger partial charge in [-0.3, -0.25) is 9.78 Å². The molecule has 8 heteroatoms. The first-order chi connectivity index (χ1) is 14.1. The average molecular weight is 408 g/mol. The van der Waals surface area contributed by atoms with E-state index in [-0.39, 0.29) is 18.1 Å². The SMILES string of the molecule is O=C(NCc1ccccc1F)c1nnn(-c2ccc(Cl)cc2)c1-c1cccnc1. The van der Waals surface area contributed by atoms with Gasteiger partial charge in [0.2, 0.25) is 0 Å². The molecule has 2 heterocycles. The molecule has 2 aromatic carbocycles. The Balaban J connectivity index is 1.70. The molecule has 4 rings (SSSR count). The molecule has 0 aliphatic carbocycles. The molecule has 0 saturated heterocycles. The van der Waals surface area contributed by atoms with E-state index in [0.29, 0.717) is 27.5 Å². The van der Waals surface area contributed by atoms with Gasteiger partial charge >= 0.3 is 0 Å². The highest BCUT2D eigenvalue weighted by Gasteiger charge is 2.22. The van der Waals surface area contributed by atoms with Gasteiger partial charge in [-0.2, -0.15) is 0 Å². The van der Waals surface area contributed by atoms with Gasteiger partial charge in [0.25, 0.3) is 5.91 Å². The third-order valence-electron chi connectivity index (χ3n) is 4.29. The number of carbonyl (C=O) groups is 1. The van der Waals surface area contributed by atoms with Gasteiger partial charge in [-0.1, -0.05) is 35.0 Å². The summed E-state index contributed by atoms with van der Waals surface area (Å²) in [5, 5.41) is 11.5. The maximum absolute atomic E-state index is 13.8. The maximum atomic E-state index is 13.8. The number of hydrogen-bond acceptors (Lipinski definition) is 4. The van der Waals surface area contributed by atoms with Crippen LogP contribution in [0.5, 0.6) is 0 Å². The largest absolute Gasteiger partial charge is 0.346 e. The zero-order chi connectivity index (χ0) is 20.2. The van der Waals surface area contributed by atoms with E-state index in [1.54, 1.807) is 65.6 Å². The molecule has 4 aromatic rings. The van der Waals surface area contributed by atoms with Crippen molar-refractivity contribution in [3.8, 4) is 16.9 Å². The van der Waals surface area contributed by atoms with E-state index in [2.05, 4.69) is 20.6 Å². The van der Waals surface area contributed by atoms with Crippen LogP contribution < -0.4 is 5.32 Å². The van der Waals surface area contributed by atoms with Crippen molar-refractivity contribution in [3.63, 3.8) is 0 Å². The quantitative estimate of drug-likeness (QED) is 0.541. The number of aromatic nitrogens is 4. The first-order valence-electron chi connectivity index (χ1n) is 8.77. The third-order valence-corrected chi connectivity index (χ3v) is 4.54. The van der Waals surface area contributed by atoms with Gasteiger partial charge in [0.1, 0.15) is 11.5 Å². The summed E-state index contributed by atoms with van der Waals surface area (Å²) in [5.41, 5.74) is 2.34. The van der Waals surface area contributed by atoms with Gasteiger partial charge in [-0.25, -0.2) is 9.07 Å². The molecule has 0 saturated carbocycles. The van der Waals surface area contributed by atoms with Crippen LogP contribution in [0.3, 0.4) is 0 Å². The second-order valence-corrected chi connectivity index (χ2v) is 6.63. The Hall–Kier alpha value is -3.58. The Kier molecular flexibility index (Phi) is 5.31. The number of pyridine rings is 1. The Morgan fingerprint density at radius 2 is 1.86 bits per heavy atom. The van der Waals surface area contributed by atoms with Crippen molar-refractivity contribution >= 4 is 17.5 Å². The van der Waals surface area contributed by atoms with Crippen LogP contribution in [0.1, 0.15) is 16.1 Å². The fourth-order valence-corrected chi connectivity index (χ4v) is 2.99. The zero-order valence-electron chi connectivity index (χ0n) is 15.1. The van der Waals surface area contributed by atoms with Crippen molar-refractivity contribution in [2.75, 3.05) is 0 Å². The standard InChI is InChI=1S/C21H15ClFN5O/c22-16-7-9-17(10-8-16)28-20(15-5-3-11-24-12-15)19(26-27-28)21(29)25-13-14-4-1-2-6-18(14)23/h1-12H,13H2,(H,25,29). The molecular weight excluding hydrogens is 393 g/mol. The average Bonchev–Trinajstić information content (AvgIpc) is 3.19. The van der Waals surface area contributed by atoms with Crippen LogP contribution >= 0.6 is 11.6 Å². The molecule has 144 valence electrons. The number of halogens is 2. The zero-order valence-corrected chi connectivity index (χ0v) is 15.8. The molecule has 1 N–H and O–H groups in total. The lowest BCUT2D eigenvalue weighted by Gasteiger charge is -2.09. The predicted molar refractivity (Wildman–Crippen MR) is 107 cm³/mol. The van der Waals surface area contributed by atoms with Crippen molar-refractivity contribution in [1.82, 2.24) is 25.3 Å². The fourth-order valence-electron chi connectivity index (χ4n) is 2.86. The molecule has 0 fully saturated rings. The lowest BCUT2D eigenvalue weighted by Crippen LogP contribution is -2.24. The van der Waals surface area contributed by atoms with Crippen LogP contribution in [-0.2, 0) is 6.54 Å². The molecule has 0 unspecified atom stereocenters. The van der Waals surface area contributed by atoms with Crippen molar-refractivity contribution in [2.45, 2.75) is 6.54 Å². The second kappa shape index (κ2) is 8.20. The molecule has 29 heavy (non-hydrogen) atoms. The number of benzene rings is 2. The van der Waals surface area contributed by atoms with Crippen molar-refractivity contribution in [1.29, 1.82) is 0 Å². The molecule has 0 aliphatic heterocycles. The minimum Gasteiger partial charge on any atom is -0.346 e. The summed E-state index contributed by atoms with van der Waals surface area (Å²) < 4.78 is 15.4. The first-order valence-corrected chi connectivity index (χ1v) is 9.15. The van der Waals surface area contributed by atoms with Gasteiger partial charge in [0.15, 0.2) is 5.69 Å². The number of nitrogens with zero attached hydrogens (tertiary/aromatic N) is 4. The van der Waals surface area contributed by atoms with E-state index in [4.69, 9.17) is 11.6 Å². The van der Waals surface area contributed by atoms with E-state index < -0.39 is 5.91 Å². The number of amides is 1. The highest BCUT2D eigenvalue weighted by Crippen LogP contribution is 2.25. The molecule has 0 spiro atoms. The summed E-state index contributed by atoms with van der Waals surface area (Å²) in [7, 11) is 0. The van der Waals surface area contributed by atoms with E-state index >= 15 is 0 Å². The van der Waals surface area contributed by atoms with Crippen molar-refractivity contribution in [2.24, 2.45) is 0 Å². The summed E-state index contributed by atoms with van der Waals surface area (Å²) in [6, 6.07) is 16.8. The first kappa shape index (κ1) is 18.8. The fraction of sp³-hybridized carbons (Fsp3) is 0.0476. The van der Waals surface area contributed by atoms with E-state index in [9.17, 15) is 9.18 Å². The highest BCUT2D eigenvalue weighted by atomic mass is 35.5. The summed E-state index contributed by atoms with van der Waals surface area (Å²) in [5.74, 6) is -0.850. The predicted octanol–water partition coefficient (Wildman–Crippen LogP) is 4.05. The monoisotopic (exact) mass is 407 g/mol. The highest BCUT2D eigenvalue weighted by molar-refractivity contribution is 6.30. The minimum absolute atomic E-state index is 0.0335. The number of nitrogens with one attached hydrogen (secondary N) is 1. The van der Waals surface area contributed by atoms with Gasteiger partial charge in [-0.15, -0.1) is 5.10 Å². The van der Waals surface area contributed by atoms with E-state index in [0.717, 1.165) is 0 Å². The van der Waals surface area contributed by atoms with Gasteiger partial charge in [0, 0.05) is 35.1 Å². The smallest absolute Gasteiger partial charge is 0.274 e. The molecule has 6 nitrogen and oxygen atoms in total. The maximum Gasteiger partial charge on any atom is 0.274 e. The van der Waals surface area contributed by atoms with Crippen LogP contribution in [0.4, 0.5) is 4.39 Å². The Bertz CT molecular complexity index is 1150. The van der Waals surface area contributed by atoms with Crippen LogP contribution in [-0.4, -0.2) is 25.9 Å². The number of rotatable bonds is 5. The summed E-state index contributed by atoms with van der Waals surface area (Å²) in [6.07, 6.45) is 3.26. The van der Waals surface area contributed by atoms with Crippen LogP contribution in [0.2, 0.25) is 5.02 Å². The Morgan fingerprint density at radius 3 is 2.59 bits per heavy atom. The summed E-state index contributed by atoms with van der Waals surface area (Å²) in [6.45, 7) is 0.0335. The normalized spacial score (nSPS) is 10.7. The molecule has 0 atom stereocenters. The molecule has 1 amide bonds. The van der Waals surface area contributed by atoms with Crippen LogP contribution in [0, 0.1) is 5.82 Å². The Morgan fingerprint density at radius 1 is 1.07 bits per heavy atom. The van der Waals surface area contributed by atoms with Crippen molar-refractivity contribution in [3.05, 3.63) is 95.2 Å². The molecule has 0 radical (unpaired) electrons. The van der Waals surface area contributed by atoms with E-state index in [1.165, 1.54) is 6.07 Å². The van der Waals surface area contributed by atoms with E-state index in [1.807, 2.05) is 6.07 Å². The van der Waals surface area contributed by atoms with Crippen LogP contribution in [0.25, 0.3) is 16.9 Å². The summed E-state index contributed by atoms with van der Waals surface area (Å²) >= 11 is 5.97. The van der Waals surface area contributed by atoms with Gasteiger partial charge in [0.05, 0.1) is 5.69 Å². The molecular formula is C21H15ClFN5O. The lowest BCUT2D eigenvalue weighted by atomic mass is 10.1. The third kappa shape index (κ3) is 4.00. The minimum atomic E-state index is -0.465. The van der Waals surface area contributed by atoms with Crippen LogP contribution in [0.15, 0.2) is 73.1 Å². The molecule has 2 aromatic heterocycles. The number of carbonyl (C=O) groups excluding carboxylic acids is 1. The van der Waals surface area contributed by atoms with Gasteiger partial charge < -0.3 is 5.32 Å². The second-order valence-electron chi connectivity index (χ2n) is 6.19. The molecule has 0 bridgehead atoms. The van der Waals surface area contributed by atoms with Gasteiger partial charge in [-0.05, 0) is 42.5 Å². The topological polar surface area (TPSA) is 72.7 Å². The summed E-state index contributed by atoms with van der Waals surface area (Å²) in [4.78, 5) is 17.0. The lowest BCUT2D eigenvalue weighted by molar-refractivity contribution is 0.0946.